The largest absolute Gasteiger partial charge is 0.465 e. The number of methoxy groups -OCH3 is 1. The molecule has 0 atom stereocenters. The summed E-state index contributed by atoms with van der Waals surface area (Å²) in [5.41, 5.74) is 2.38. The van der Waals surface area contributed by atoms with Crippen LogP contribution in [0.2, 0.25) is 0 Å². The predicted octanol–water partition coefficient (Wildman–Crippen LogP) is 2.35. The van der Waals surface area contributed by atoms with Gasteiger partial charge in [-0.1, -0.05) is 30.3 Å². The molecule has 2 aliphatic carbocycles. The number of fused-ring (bicyclic) bond motifs is 1. The number of ether oxygens (including phenoxy) is 1. The normalized spacial score (nSPS) is 10.3. The zero-order chi connectivity index (χ0) is 13.1. The van der Waals surface area contributed by atoms with Gasteiger partial charge in [0.2, 0.25) is 6.54 Å². The molecule has 2 rings (SSSR count). The number of hydrogen-bond donors (Lipinski definition) is 0. The molecule has 5 heteroatoms. The van der Waals surface area contributed by atoms with E-state index in [4.69, 9.17) is 0 Å². The average molecular weight is 245 g/mol. The summed E-state index contributed by atoms with van der Waals surface area (Å²) in [6.07, 6.45) is 0. The fourth-order valence-corrected chi connectivity index (χ4v) is 1.93. The smallest absolute Gasteiger partial charge is 0.338 e. The topological polar surface area (TPSA) is 69.4 Å². The van der Waals surface area contributed by atoms with E-state index in [0.717, 1.165) is 0 Å². The molecule has 0 N–H and O–H groups in total. The van der Waals surface area contributed by atoms with Crippen molar-refractivity contribution in [3.05, 3.63) is 57.6 Å². The Hall–Kier alpha value is -2.43. The fraction of sp³-hybridized carbons (Fsp3) is 0.154. The number of esters is 1. The molecule has 0 unspecified atom stereocenters. The van der Waals surface area contributed by atoms with Crippen molar-refractivity contribution in [3.63, 3.8) is 0 Å². The second kappa shape index (κ2) is 4.83. The average Bonchev–Trinajstić information content (AvgIpc) is 2.66. The van der Waals surface area contributed by atoms with Gasteiger partial charge in [0.15, 0.2) is 0 Å². The number of nitrogens with zero attached hydrogens (tertiary/aromatic N) is 1. The molecule has 0 amide bonds. The minimum Gasteiger partial charge on any atom is -0.465 e. The molecule has 0 aromatic rings. The van der Waals surface area contributed by atoms with E-state index in [0.29, 0.717) is 22.3 Å². The summed E-state index contributed by atoms with van der Waals surface area (Å²) in [5.74, 6) is -0.441. The van der Waals surface area contributed by atoms with Crippen molar-refractivity contribution in [2.24, 2.45) is 0 Å². The van der Waals surface area contributed by atoms with Gasteiger partial charge in [0.25, 0.3) is 0 Å². The molecule has 0 bridgehead atoms. The van der Waals surface area contributed by atoms with Gasteiger partial charge in [-0.25, -0.2) is 4.79 Å². The Labute approximate surface area is 103 Å². The third kappa shape index (κ3) is 2.15. The van der Waals surface area contributed by atoms with E-state index in [1.54, 1.807) is 36.4 Å². The molecule has 0 heterocycles. The van der Waals surface area contributed by atoms with Gasteiger partial charge < -0.3 is 4.74 Å². The summed E-state index contributed by atoms with van der Waals surface area (Å²) in [6, 6.07) is 10.2. The molecule has 2 aliphatic rings. The second-order valence-electron chi connectivity index (χ2n) is 3.80. The minimum absolute atomic E-state index is 0.268. The number of nitro groups is 1. The van der Waals surface area contributed by atoms with E-state index in [9.17, 15) is 14.9 Å². The summed E-state index contributed by atoms with van der Waals surface area (Å²) in [5, 5.41) is 10.6. The molecule has 0 saturated heterocycles. The number of hydrogen-bond acceptors (Lipinski definition) is 4. The molecule has 0 fully saturated rings. The van der Waals surface area contributed by atoms with Crippen molar-refractivity contribution in [3.8, 4) is 11.1 Å². The van der Waals surface area contributed by atoms with Crippen LogP contribution in [0.3, 0.4) is 0 Å². The highest BCUT2D eigenvalue weighted by Crippen LogP contribution is 2.31. The molecule has 0 aromatic carbocycles. The van der Waals surface area contributed by atoms with Crippen LogP contribution in [0.15, 0.2) is 36.4 Å². The standard InChI is InChI=1S/C13H11NO4/c1-18-13(15)12-7-6-10-9(8-14(16)17)4-2-3-5-11(10)12/h2-7H,8H2,1H3. The van der Waals surface area contributed by atoms with Crippen LogP contribution in [0, 0.1) is 10.1 Å². The highest BCUT2D eigenvalue weighted by Gasteiger charge is 2.19. The number of carbonyl (C=O) groups is 1. The van der Waals surface area contributed by atoms with Crippen LogP contribution in [-0.4, -0.2) is 18.0 Å². The van der Waals surface area contributed by atoms with Gasteiger partial charge in [0, 0.05) is 10.5 Å². The van der Waals surface area contributed by atoms with Crippen LogP contribution in [0.25, 0.3) is 11.1 Å². The summed E-state index contributed by atoms with van der Waals surface area (Å²) in [4.78, 5) is 21.8. The molecule has 5 nitrogen and oxygen atoms in total. The minimum atomic E-state index is -0.441. The number of carbonyl (C=O) groups excluding carboxylic acids is 1. The molecule has 0 saturated carbocycles. The van der Waals surface area contributed by atoms with Crippen LogP contribution in [0.5, 0.6) is 0 Å². The zero-order valence-corrected chi connectivity index (χ0v) is 9.75. The maximum atomic E-state index is 11.6. The van der Waals surface area contributed by atoms with Gasteiger partial charge >= 0.3 is 5.97 Å². The third-order valence-corrected chi connectivity index (χ3v) is 2.72. The first kappa shape index (κ1) is 12.0. The van der Waals surface area contributed by atoms with Crippen molar-refractivity contribution < 1.29 is 14.5 Å². The Balaban J connectivity index is 2.54. The van der Waals surface area contributed by atoms with Crippen LogP contribution >= 0.6 is 0 Å². The Kier molecular flexibility index (Phi) is 3.23. The molecule has 0 aromatic heterocycles. The maximum absolute atomic E-state index is 11.6. The van der Waals surface area contributed by atoms with E-state index >= 15 is 0 Å². The maximum Gasteiger partial charge on any atom is 0.338 e. The van der Waals surface area contributed by atoms with E-state index in [1.807, 2.05) is 0 Å². The summed E-state index contributed by atoms with van der Waals surface area (Å²) in [7, 11) is 1.31. The fourth-order valence-electron chi connectivity index (χ4n) is 1.93. The summed E-state index contributed by atoms with van der Waals surface area (Å²) < 4.78 is 4.68. The Morgan fingerprint density at radius 3 is 2.61 bits per heavy atom. The molecular formula is C13H11NO4. The predicted molar refractivity (Wildman–Crippen MR) is 65.1 cm³/mol. The zero-order valence-electron chi connectivity index (χ0n) is 9.75. The first-order valence-corrected chi connectivity index (χ1v) is 5.34. The molecule has 92 valence electrons. The Bertz CT molecular complexity index is 579. The van der Waals surface area contributed by atoms with Crippen molar-refractivity contribution in [2.75, 3.05) is 7.11 Å². The lowest BCUT2D eigenvalue weighted by Crippen LogP contribution is -2.01. The van der Waals surface area contributed by atoms with Crippen molar-refractivity contribution in [1.82, 2.24) is 0 Å². The summed E-state index contributed by atoms with van der Waals surface area (Å²) >= 11 is 0. The highest BCUT2D eigenvalue weighted by atomic mass is 16.6. The van der Waals surface area contributed by atoms with Gasteiger partial charge in [0.05, 0.1) is 12.7 Å². The second-order valence-corrected chi connectivity index (χ2v) is 3.80. The van der Waals surface area contributed by atoms with Gasteiger partial charge in [-0.2, -0.15) is 0 Å². The first-order chi connectivity index (χ1) is 8.63. The van der Waals surface area contributed by atoms with Crippen LogP contribution in [0.1, 0.15) is 15.9 Å². The van der Waals surface area contributed by atoms with Crippen LogP contribution in [-0.2, 0) is 11.3 Å². The monoisotopic (exact) mass is 245 g/mol. The van der Waals surface area contributed by atoms with E-state index in [-0.39, 0.29) is 11.5 Å². The molecule has 0 radical (unpaired) electrons. The van der Waals surface area contributed by atoms with Crippen LogP contribution < -0.4 is 0 Å². The third-order valence-electron chi connectivity index (χ3n) is 2.72. The Morgan fingerprint density at radius 1 is 1.22 bits per heavy atom. The SMILES string of the molecule is COC(=O)c1ccc2c(C[N+](=O)[O-])ccccc1-2. The molecule has 0 aliphatic heterocycles. The van der Waals surface area contributed by atoms with E-state index < -0.39 is 5.97 Å². The van der Waals surface area contributed by atoms with Gasteiger partial charge in [-0.3, -0.25) is 10.1 Å². The Morgan fingerprint density at radius 2 is 1.94 bits per heavy atom. The highest BCUT2D eigenvalue weighted by molar-refractivity contribution is 5.99. The van der Waals surface area contributed by atoms with Gasteiger partial charge in [-0.05, 0) is 17.2 Å². The summed E-state index contributed by atoms with van der Waals surface area (Å²) in [6.45, 7) is -0.268. The van der Waals surface area contributed by atoms with Gasteiger partial charge in [0.1, 0.15) is 0 Å². The van der Waals surface area contributed by atoms with E-state index in [2.05, 4.69) is 4.74 Å². The van der Waals surface area contributed by atoms with Crippen molar-refractivity contribution in [1.29, 1.82) is 0 Å². The quantitative estimate of drug-likeness (QED) is 0.473. The first-order valence-electron chi connectivity index (χ1n) is 5.34. The molecule has 18 heavy (non-hydrogen) atoms. The lowest BCUT2D eigenvalue weighted by atomic mass is 10.1. The van der Waals surface area contributed by atoms with Crippen LogP contribution in [0.4, 0.5) is 0 Å². The van der Waals surface area contributed by atoms with E-state index in [1.165, 1.54) is 7.11 Å². The molecule has 0 spiro atoms. The van der Waals surface area contributed by atoms with Gasteiger partial charge in [-0.15, -0.1) is 0 Å². The molecular weight excluding hydrogens is 234 g/mol. The van der Waals surface area contributed by atoms with Crippen molar-refractivity contribution >= 4 is 5.97 Å². The lowest BCUT2D eigenvalue weighted by molar-refractivity contribution is -0.496. The van der Waals surface area contributed by atoms with Crippen molar-refractivity contribution in [2.45, 2.75) is 6.54 Å². The number of rotatable bonds is 3. The lowest BCUT2D eigenvalue weighted by Gasteiger charge is -2.02.